The lowest BCUT2D eigenvalue weighted by Gasteiger charge is -2.49. The van der Waals surface area contributed by atoms with Gasteiger partial charge in [-0.05, 0) is 43.5 Å². The van der Waals surface area contributed by atoms with Crippen LogP contribution in [-0.2, 0) is 17.9 Å². The number of carbonyl (C=O) groups excluding carboxylic acids is 1. The van der Waals surface area contributed by atoms with Gasteiger partial charge in [-0.3, -0.25) is 14.4 Å². The predicted octanol–water partition coefficient (Wildman–Crippen LogP) is 2.56. The highest BCUT2D eigenvalue weighted by Crippen LogP contribution is 2.37. The molecule has 4 heterocycles. The topological polar surface area (TPSA) is 98.3 Å². The summed E-state index contributed by atoms with van der Waals surface area (Å²) in [5.74, 6) is 1.37. The predicted molar refractivity (Wildman–Crippen MR) is 126 cm³/mol. The second-order valence-corrected chi connectivity index (χ2v) is 9.02. The number of benzene rings is 2. The first-order valence-corrected chi connectivity index (χ1v) is 11.5. The minimum atomic E-state index is 0.0308. The number of carbonyl (C=O) groups is 1. The average molecular weight is 447 g/mol. The van der Waals surface area contributed by atoms with Crippen LogP contribution in [0.1, 0.15) is 18.4 Å². The third-order valence-electron chi connectivity index (χ3n) is 6.98. The molecule has 1 aromatic heterocycles. The van der Waals surface area contributed by atoms with Crippen molar-refractivity contribution < 1.29 is 9.53 Å². The fourth-order valence-electron chi connectivity index (χ4n) is 5.22. The van der Waals surface area contributed by atoms with Crippen LogP contribution in [-0.4, -0.2) is 52.0 Å². The molecule has 33 heavy (non-hydrogen) atoms. The molecule has 3 saturated heterocycles. The number of amides is 1. The number of nitrogens with two attached hydrogens (primary N) is 1. The number of piperidine rings is 3. The number of methoxy groups -OCH3 is 1. The van der Waals surface area contributed by atoms with Gasteiger partial charge in [-0.15, -0.1) is 5.10 Å². The van der Waals surface area contributed by atoms with Gasteiger partial charge in [0.2, 0.25) is 5.91 Å². The van der Waals surface area contributed by atoms with E-state index in [4.69, 9.17) is 10.5 Å². The Morgan fingerprint density at radius 3 is 2.91 bits per heavy atom. The Hall–Kier alpha value is -3.39. The van der Waals surface area contributed by atoms with Crippen molar-refractivity contribution in [2.45, 2.75) is 32.0 Å². The quantitative estimate of drug-likeness (QED) is 0.542. The smallest absolute Gasteiger partial charge is 0.224 e. The van der Waals surface area contributed by atoms with Crippen molar-refractivity contribution in [2.75, 3.05) is 25.9 Å². The van der Waals surface area contributed by atoms with Gasteiger partial charge >= 0.3 is 0 Å². The van der Waals surface area contributed by atoms with E-state index in [-0.39, 0.29) is 11.8 Å². The largest absolute Gasteiger partial charge is 0.496 e. The van der Waals surface area contributed by atoms with Crippen LogP contribution in [0.5, 0.6) is 5.75 Å². The summed E-state index contributed by atoms with van der Waals surface area (Å²) in [6, 6.07) is 15.9. The minimum Gasteiger partial charge on any atom is -0.496 e. The number of nitrogens with one attached hydrogen (secondary N) is 1. The first kappa shape index (κ1) is 21.5. The molecule has 2 bridgehead atoms. The van der Waals surface area contributed by atoms with Crippen molar-refractivity contribution in [3.63, 3.8) is 0 Å². The van der Waals surface area contributed by atoms with Crippen LogP contribution in [0.4, 0.5) is 5.69 Å². The zero-order valence-electron chi connectivity index (χ0n) is 18.9. The standard InChI is InChI=1S/C25H30N6O2/c1-33-24-8-3-2-5-19(24)13-27-25(32)22-15-30-10-9-17(22)12-21(30)14-31-16-23(28-29-31)18-6-4-7-20(26)11-18/h2-8,11,16-17,21-22H,9-10,12-15,26H2,1H3,(H,27,32). The number of aromatic nitrogens is 3. The number of nitrogens with zero attached hydrogens (tertiary/aromatic N) is 4. The SMILES string of the molecule is COc1ccccc1CNC(=O)C1CN2CCC1CC2Cn1cc(-c2cccc(N)c2)nn1. The average Bonchev–Trinajstić information content (AvgIpc) is 3.31. The van der Waals surface area contributed by atoms with E-state index in [1.54, 1.807) is 7.11 Å². The Bertz CT molecular complexity index is 1130. The van der Waals surface area contributed by atoms with Gasteiger partial charge in [0.25, 0.3) is 0 Å². The summed E-state index contributed by atoms with van der Waals surface area (Å²) in [5.41, 5.74) is 9.41. The van der Waals surface area contributed by atoms with E-state index < -0.39 is 0 Å². The Kier molecular flexibility index (Phi) is 6.00. The van der Waals surface area contributed by atoms with Crippen molar-refractivity contribution in [1.82, 2.24) is 25.2 Å². The van der Waals surface area contributed by atoms with Gasteiger partial charge in [-0.2, -0.15) is 0 Å². The lowest BCUT2D eigenvalue weighted by Crippen LogP contribution is -2.58. The molecule has 2 aromatic carbocycles. The second kappa shape index (κ2) is 9.23. The lowest BCUT2D eigenvalue weighted by molar-refractivity contribution is -0.133. The van der Waals surface area contributed by atoms with Crippen LogP contribution in [0, 0.1) is 11.8 Å². The van der Waals surface area contributed by atoms with Crippen LogP contribution in [0.3, 0.4) is 0 Å². The highest BCUT2D eigenvalue weighted by Gasteiger charge is 2.43. The Labute approximate surface area is 193 Å². The Morgan fingerprint density at radius 1 is 1.24 bits per heavy atom. The van der Waals surface area contributed by atoms with Gasteiger partial charge in [0.15, 0.2) is 0 Å². The van der Waals surface area contributed by atoms with Crippen molar-refractivity contribution in [3.8, 4) is 17.0 Å². The zero-order chi connectivity index (χ0) is 22.8. The summed E-state index contributed by atoms with van der Waals surface area (Å²) in [6.07, 6.45) is 4.05. The number of para-hydroxylation sites is 1. The highest BCUT2D eigenvalue weighted by molar-refractivity contribution is 5.79. The number of hydrogen-bond acceptors (Lipinski definition) is 6. The van der Waals surface area contributed by atoms with Crippen LogP contribution < -0.4 is 15.8 Å². The maximum atomic E-state index is 13.0. The maximum absolute atomic E-state index is 13.0. The molecule has 3 fully saturated rings. The molecule has 3 aromatic rings. The molecular formula is C25H30N6O2. The summed E-state index contributed by atoms with van der Waals surface area (Å²) in [6.45, 7) is 3.09. The zero-order valence-corrected chi connectivity index (χ0v) is 18.9. The van der Waals surface area contributed by atoms with E-state index in [0.29, 0.717) is 24.2 Å². The van der Waals surface area contributed by atoms with E-state index in [0.717, 1.165) is 55.0 Å². The minimum absolute atomic E-state index is 0.0308. The molecule has 1 amide bonds. The molecule has 0 aliphatic carbocycles. The molecule has 4 unspecified atom stereocenters. The fourth-order valence-corrected chi connectivity index (χ4v) is 5.22. The molecule has 3 N–H and O–H groups in total. The summed E-state index contributed by atoms with van der Waals surface area (Å²) in [7, 11) is 1.65. The third-order valence-corrected chi connectivity index (χ3v) is 6.98. The van der Waals surface area contributed by atoms with Gasteiger partial charge in [0.05, 0.1) is 25.8 Å². The molecule has 0 spiro atoms. The van der Waals surface area contributed by atoms with Crippen LogP contribution in [0.2, 0.25) is 0 Å². The van der Waals surface area contributed by atoms with E-state index >= 15 is 0 Å². The maximum Gasteiger partial charge on any atom is 0.224 e. The monoisotopic (exact) mass is 446 g/mol. The number of hydrogen-bond donors (Lipinski definition) is 2. The Morgan fingerprint density at radius 2 is 2.12 bits per heavy atom. The highest BCUT2D eigenvalue weighted by atomic mass is 16.5. The fraction of sp³-hybridized carbons (Fsp3) is 0.400. The summed E-state index contributed by atoms with van der Waals surface area (Å²) >= 11 is 0. The van der Waals surface area contributed by atoms with Gasteiger partial charge < -0.3 is 15.8 Å². The molecule has 3 aliphatic rings. The van der Waals surface area contributed by atoms with Crippen molar-refractivity contribution >= 4 is 11.6 Å². The van der Waals surface area contributed by atoms with Crippen molar-refractivity contribution in [2.24, 2.45) is 11.8 Å². The number of ether oxygens (including phenoxy) is 1. The molecule has 4 atom stereocenters. The molecule has 3 aliphatic heterocycles. The summed E-state index contributed by atoms with van der Waals surface area (Å²) in [4.78, 5) is 15.4. The number of nitrogen functional groups attached to an aromatic ring is 1. The van der Waals surface area contributed by atoms with Crippen LogP contribution >= 0.6 is 0 Å². The molecular weight excluding hydrogens is 416 g/mol. The summed E-state index contributed by atoms with van der Waals surface area (Å²) in [5, 5.41) is 11.8. The van der Waals surface area contributed by atoms with E-state index in [2.05, 4.69) is 20.5 Å². The summed E-state index contributed by atoms with van der Waals surface area (Å²) < 4.78 is 7.32. The van der Waals surface area contributed by atoms with Crippen LogP contribution in [0.15, 0.2) is 54.7 Å². The number of anilines is 1. The van der Waals surface area contributed by atoms with Crippen molar-refractivity contribution in [3.05, 3.63) is 60.3 Å². The molecule has 172 valence electrons. The van der Waals surface area contributed by atoms with E-state index in [1.165, 1.54) is 0 Å². The van der Waals surface area contributed by atoms with Gasteiger partial charge in [0.1, 0.15) is 11.4 Å². The van der Waals surface area contributed by atoms with Crippen molar-refractivity contribution in [1.29, 1.82) is 0 Å². The van der Waals surface area contributed by atoms with Gasteiger partial charge in [0, 0.05) is 35.9 Å². The van der Waals surface area contributed by atoms with Crippen LogP contribution in [0.25, 0.3) is 11.3 Å². The molecule has 8 heteroatoms. The third kappa shape index (κ3) is 4.57. The molecule has 8 nitrogen and oxygen atoms in total. The first-order chi connectivity index (χ1) is 16.1. The lowest BCUT2D eigenvalue weighted by atomic mass is 9.75. The van der Waals surface area contributed by atoms with E-state index in [9.17, 15) is 4.79 Å². The molecule has 6 rings (SSSR count). The Balaban J connectivity index is 1.19. The van der Waals surface area contributed by atoms with Gasteiger partial charge in [-0.25, -0.2) is 0 Å². The normalized spacial score (nSPS) is 23.9. The van der Waals surface area contributed by atoms with Gasteiger partial charge in [-0.1, -0.05) is 35.5 Å². The number of rotatable bonds is 7. The van der Waals surface area contributed by atoms with E-state index in [1.807, 2.05) is 59.4 Å². The first-order valence-electron chi connectivity index (χ1n) is 11.5. The number of fused-ring (bicyclic) bond motifs is 3. The second-order valence-electron chi connectivity index (χ2n) is 9.02. The molecule has 0 saturated carbocycles. The molecule has 0 radical (unpaired) electrons.